The predicted octanol–water partition coefficient (Wildman–Crippen LogP) is 3.14. The van der Waals surface area contributed by atoms with Crippen LogP contribution in [0.15, 0.2) is 22.7 Å². The number of hydrogen-bond acceptors (Lipinski definition) is 2. The lowest BCUT2D eigenvalue weighted by Crippen LogP contribution is -2.33. The van der Waals surface area contributed by atoms with Gasteiger partial charge in [-0.2, -0.15) is 0 Å². The van der Waals surface area contributed by atoms with Crippen molar-refractivity contribution in [3.63, 3.8) is 0 Å². The molecule has 96 valence electrons. The Morgan fingerprint density at radius 1 is 1.41 bits per heavy atom. The second-order valence-corrected chi connectivity index (χ2v) is 5.16. The normalized spacial score (nSPS) is 13.1. The fourth-order valence-electron chi connectivity index (χ4n) is 1.51. The fourth-order valence-corrected chi connectivity index (χ4v) is 2.02. The summed E-state index contributed by atoms with van der Waals surface area (Å²) in [6, 6.07) is 5.01. The molecule has 0 saturated carbocycles. The Kier molecular flexibility index (Phi) is 6.09. The lowest BCUT2D eigenvalue weighted by Gasteiger charge is -2.18. The Bertz CT molecular complexity index is 357. The highest BCUT2D eigenvalue weighted by Crippen LogP contribution is 2.19. The van der Waals surface area contributed by atoms with Crippen molar-refractivity contribution in [2.45, 2.75) is 32.4 Å². The molecule has 0 aliphatic heterocycles. The third kappa shape index (κ3) is 5.15. The van der Waals surface area contributed by atoms with Gasteiger partial charge in [0.25, 0.3) is 0 Å². The van der Waals surface area contributed by atoms with Crippen LogP contribution in [0, 0.1) is 5.82 Å². The van der Waals surface area contributed by atoms with E-state index >= 15 is 0 Å². The van der Waals surface area contributed by atoms with Gasteiger partial charge in [-0.3, -0.25) is 0 Å². The van der Waals surface area contributed by atoms with Crippen molar-refractivity contribution in [2.75, 3.05) is 13.7 Å². The van der Waals surface area contributed by atoms with E-state index in [9.17, 15) is 4.39 Å². The third-order valence-electron chi connectivity index (χ3n) is 2.52. The van der Waals surface area contributed by atoms with Crippen molar-refractivity contribution in [1.82, 2.24) is 5.32 Å². The van der Waals surface area contributed by atoms with E-state index in [1.165, 1.54) is 12.1 Å². The van der Waals surface area contributed by atoms with Gasteiger partial charge in [-0.15, -0.1) is 0 Å². The van der Waals surface area contributed by atoms with Crippen LogP contribution < -0.4 is 5.32 Å². The van der Waals surface area contributed by atoms with E-state index in [2.05, 4.69) is 21.2 Å². The summed E-state index contributed by atoms with van der Waals surface area (Å²) < 4.78 is 19.3. The Morgan fingerprint density at radius 2 is 2.12 bits per heavy atom. The average Bonchev–Trinajstić information content (AvgIpc) is 2.26. The van der Waals surface area contributed by atoms with Crippen molar-refractivity contribution >= 4 is 15.9 Å². The molecule has 17 heavy (non-hydrogen) atoms. The van der Waals surface area contributed by atoms with Gasteiger partial charge in [-0.05, 0) is 45.0 Å². The van der Waals surface area contributed by atoms with Crippen molar-refractivity contribution in [3.8, 4) is 0 Å². The van der Waals surface area contributed by atoms with Crippen LogP contribution in [0.1, 0.15) is 19.4 Å². The molecule has 0 fully saturated rings. The summed E-state index contributed by atoms with van der Waals surface area (Å²) >= 11 is 3.38. The first-order chi connectivity index (χ1) is 8.02. The van der Waals surface area contributed by atoms with E-state index < -0.39 is 0 Å². The molecule has 1 atom stereocenters. The number of ether oxygens (including phenoxy) is 1. The molecule has 0 bridgehead atoms. The maximum absolute atomic E-state index is 13.0. The molecule has 1 aromatic rings. The Hall–Kier alpha value is -0.450. The van der Waals surface area contributed by atoms with Gasteiger partial charge in [-0.25, -0.2) is 4.39 Å². The molecular formula is C13H19BrFNO. The molecule has 2 nitrogen and oxygen atoms in total. The lowest BCUT2D eigenvalue weighted by molar-refractivity contribution is 0.0627. The molecule has 0 heterocycles. The van der Waals surface area contributed by atoms with Crippen LogP contribution in [0.2, 0.25) is 0 Å². The summed E-state index contributed by atoms with van der Waals surface area (Å²) in [5.74, 6) is -0.222. The molecule has 1 N–H and O–H groups in total. The highest BCUT2D eigenvalue weighted by Gasteiger charge is 2.11. The van der Waals surface area contributed by atoms with Crippen molar-refractivity contribution in [3.05, 3.63) is 34.1 Å². The van der Waals surface area contributed by atoms with E-state index in [1.54, 1.807) is 6.07 Å². The first kappa shape index (κ1) is 14.6. The van der Waals surface area contributed by atoms with Gasteiger partial charge in [-0.1, -0.05) is 22.0 Å². The zero-order valence-corrected chi connectivity index (χ0v) is 12.1. The molecule has 0 aromatic heterocycles. The molecule has 1 aromatic carbocycles. The summed E-state index contributed by atoms with van der Waals surface area (Å²) in [7, 11) is 1.91. The fraction of sp³-hybridized carbons (Fsp3) is 0.538. The summed E-state index contributed by atoms with van der Waals surface area (Å²) in [5.41, 5.74) is 1.08. The number of likely N-dealkylation sites (N-methyl/N-ethyl adjacent to an activating group) is 1. The SMILES string of the molecule is CNC(COC(C)C)Cc1ccc(F)cc1Br. The number of benzene rings is 1. The average molecular weight is 304 g/mol. The molecule has 0 aliphatic rings. The molecule has 0 spiro atoms. The summed E-state index contributed by atoms with van der Waals surface area (Å²) in [6.07, 6.45) is 1.03. The van der Waals surface area contributed by atoms with Gasteiger partial charge in [0, 0.05) is 10.5 Å². The van der Waals surface area contributed by atoms with Crippen LogP contribution in [-0.2, 0) is 11.2 Å². The maximum atomic E-state index is 13.0. The summed E-state index contributed by atoms with van der Waals surface area (Å²) in [4.78, 5) is 0. The topological polar surface area (TPSA) is 21.3 Å². The lowest BCUT2D eigenvalue weighted by atomic mass is 10.1. The van der Waals surface area contributed by atoms with Crippen molar-refractivity contribution < 1.29 is 9.13 Å². The van der Waals surface area contributed by atoms with Crippen molar-refractivity contribution in [1.29, 1.82) is 0 Å². The van der Waals surface area contributed by atoms with Gasteiger partial charge in [0.15, 0.2) is 0 Å². The zero-order valence-electron chi connectivity index (χ0n) is 10.5. The Morgan fingerprint density at radius 3 is 2.65 bits per heavy atom. The van der Waals surface area contributed by atoms with E-state index in [0.717, 1.165) is 16.5 Å². The van der Waals surface area contributed by atoms with Crippen LogP contribution in [0.5, 0.6) is 0 Å². The first-order valence-electron chi connectivity index (χ1n) is 5.75. The minimum Gasteiger partial charge on any atom is -0.377 e. The molecule has 0 saturated heterocycles. The minimum absolute atomic E-state index is 0.222. The molecule has 1 rings (SSSR count). The minimum atomic E-state index is -0.222. The largest absolute Gasteiger partial charge is 0.377 e. The molecule has 0 aliphatic carbocycles. The van der Waals surface area contributed by atoms with Crippen LogP contribution in [0.25, 0.3) is 0 Å². The first-order valence-corrected chi connectivity index (χ1v) is 6.55. The van der Waals surface area contributed by atoms with Crippen LogP contribution in [0.4, 0.5) is 4.39 Å². The quantitative estimate of drug-likeness (QED) is 0.872. The Balaban J connectivity index is 2.60. The molecule has 0 radical (unpaired) electrons. The smallest absolute Gasteiger partial charge is 0.124 e. The summed E-state index contributed by atoms with van der Waals surface area (Å²) in [6.45, 7) is 4.68. The van der Waals surface area contributed by atoms with Crippen molar-refractivity contribution in [2.24, 2.45) is 0 Å². The molecule has 1 unspecified atom stereocenters. The van der Waals surface area contributed by atoms with E-state index in [-0.39, 0.29) is 18.0 Å². The molecule has 0 amide bonds. The Labute approximate surface area is 111 Å². The predicted molar refractivity (Wildman–Crippen MR) is 71.7 cm³/mol. The third-order valence-corrected chi connectivity index (χ3v) is 3.26. The van der Waals surface area contributed by atoms with Gasteiger partial charge in [0.1, 0.15) is 5.82 Å². The monoisotopic (exact) mass is 303 g/mol. The zero-order chi connectivity index (χ0) is 12.8. The van der Waals surface area contributed by atoms with E-state index in [0.29, 0.717) is 6.61 Å². The second kappa shape index (κ2) is 7.09. The highest BCUT2D eigenvalue weighted by atomic mass is 79.9. The standard InChI is InChI=1S/C13H19BrFNO/c1-9(2)17-8-12(16-3)6-10-4-5-11(15)7-13(10)14/h4-5,7,9,12,16H,6,8H2,1-3H3. The van der Waals surface area contributed by atoms with Gasteiger partial charge < -0.3 is 10.1 Å². The van der Waals surface area contributed by atoms with Gasteiger partial charge in [0.05, 0.1) is 12.7 Å². The number of rotatable bonds is 6. The van der Waals surface area contributed by atoms with Crippen LogP contribution in [-0.4, -0.2) is 25.8 Å². The number of hydrogen-bond donors (Lipinski definition) is 1. The van der Waals surface area contributed by atoms with E-state index in [1.807, 2.05) is 20.9 Å². The second-order valence-electron chi connectivity index (χ2n) is 4.31. The maximum Gasteiger partial charge on any atom is 0.124 e. The molecule has 4 heteroatoms. The van der Waals surface area contributed by atoms with Gasteiger partial charge >= 0.3 is 0 Å². The highest BCUT2D eigenvalue weighted by molar-refractivity contribution is 9.10. The van der Waals surface area contributed by atoms with Gasteiger partial charge in [0.2, 0.25) is 0 Å². The summed E-state index contributed by atoms with van der Waals surface area (Å²) in [5, 5.41) is 3.21. The van der Waals surface area contributed by atoms with Crippen LogP contribution >= 0.6 is 15.9 Å². The number of halogens is 2. The molecular weight excluding hydrogens is 285 g/mol. The van der Waals surface area contributed by atoms with E-state index in [4.69, 9.17) is 4.74 Å². The van der Waals surface area contributed by atoms with Crippen LogP contribution in [0.3, 0.4) is 0 Å². The number of nitrogens with one attached hydrogen (secondary N) is 1.